The Morgan fingerprint density at radius 2 is 1.97 bits per heavy atom. The first-order valence-electron chi connectivity index (χ1n) is 13.4. The number of hydrogen-bond donors (Lipinski definition) is 2. The van der Waals surface area contributed by atoms with E-state index in [0.29, 0.717) is 11.6 Å². The van der Waals surface area contributed by atoms with Gasteiger partial charge in [0.05, 0.1) is 16.6 Å². The second-order valence-corrected chi connectivity index (χ2v) is 12.5. The van der Waals surface area contributed by atoms with Crippen LogP contribution in [0.15, 0.2) is 59.6 Å². The van der Waals surface area contributed by atoms with E-state index in [9.17, 15) is 13.2 Å². The molecule has 0 bridgehead atoms. The van der Waals surface area contributed by atoms with E-state index >= 15 is 0 Å². The van der Waals surface area contributed by atoms with E-state index in [2.05, 4.69) is 53.0 Å². The largest absolute Gasteiger partial charge is 0.353 e. The zero-order valence-corrected chi connectivity index (χ0v) is 22.8. The quantitative estimate of drug-likeness (QED) is 0.435. The van der Waals surface area contributed by atoms with Crippen molar-refractivity contribution in [3.63, 3.8) is 0 Å². The Bertz CT molecular complexity index is 1370. The van der Waals surface area contributed by atoms with E-state index in [1.165, 1.54) is 21.0 Å². The fourth-order valence-corrected chi connectivity index (χ4v) is 7.00. The van der Waals surface area contributed by atoms with Crippen LogP contribution in [0.3, 0.4) is 0 Å². The summed E-state index contributed by atoms with van der Waals surface area (Å²) in [6, 6.07) is 14.1. The molecule has 3 aromatic rings. The molecule has 1 saturated heterocycles. The summed E-state index contributed by atoms with van der Waals surface area (Å²) in [5.41, 5.74) is 4.48. The predicted octanol–water partition coefficient (Wildman–Crippen LogP) is 2.68. The highest BCUT2D eigenvalue weighted by Gasteiger charge is 2.39. The predicted molar refractivity (Wildman–Crippen MR) is 145 cm³/mol. The molecule has 0 saturated carbocycles. The van der Waals surface area contributed by atoms with Gasteiger partial charge in [-0.2, -0.15) is 4.31 Å². The molecule has 2 aromatic carbocycles. The Balaban J connectivity index is 1.33. The van der Waals surface area contributed by atoms with Crippen LogP contribution < -0.4 is 10.6 Å². The highest BCUT2D eigenvalue weighted by Crippen LogP contribution is 2.33. The minimum atomic E-state index is -3.82. The van der Waals surface area contributed by atoms with Crippen molar-refractivity contribution in [3.05, 3.63) is 77.1 Å². The molecule has 2 atom stereocenters. The van der Waals surface area contributed by atoms with Crippen molar-refractivity contribution in [2.45, 2.75) is 63.1 Å². The zero-order valence-electron chi connectivity index (χ0n) is 22.0. The second-order valence-electron chi connectivity index (χ2n) is 10.6. The number of piperazine rings is 1. The van der Waals surface area contributed by atoms with Crippen molar-refractivity contribution in [1.29, 1.82) is 0 Å². The number of rotatable bonds is 9. The molecule has 1 amide bonds. The van der Waals surface area contributed by atoms with Crippen molar-refractivity contribution in [3.8, 4) is 0 Å². The van der Waals surface area contributed by atoms with Gasteiger partial charge in [-0.25, -0.2) is 13.1 Å². The Kier molecular flexibility index (Phi) is 7.92. The van der Waals surface area contributed by atoms with Crippen LogP contribution in [0.1, 0.15) is 55.1 Å². The molecule has 1 fully saturated rings. The van der Waals surface area contributed by atoms with Crippen molar-refractivity contribution in [2.75, 3.05) is 19.6 Å². The van der Waals surface area contributed by atoms with Gasteiger partial charge in [-0.15, -0.1) is 5.10 Å². The number of benzene rings is 2. The van der Waals surface area contributed by atoms with Crippen LogP contribution in [0.4, 0.5) is 0 Å². The molecule has 1 aliphatic heterocycles. The van der Waals surface area contributed by atoms with Crippen LogP contribution in [0, 0.1) is 5.92 Å². The first kappa shape index (κ1) is 26.5. The summed E-state index contributed by atoms with van der Waals surface area (Å²) >= 11 is 0. The maximum atomic E-state index is 13.3. The van der Waals surface area contributed by atoms with Crippen molar-refractivity contribution in [2.24, 2.45) is 5.92 Å². The summed E-state index contributed by atoms with van der Waals surface area (Å²) in [6.07, 6.45) is 5.09. The molecule has 38 heavy (non-hydrogen) atoms. The molecule has 0 unspecified atom stereocenters. The molecule has 1 aliphatic carbocycles. The SMILES string of the molecule is CC(C)CNCc1ccc2c(c1)CCC[C@H]2n1cc(C[C@@H]2C(=O)NCCN2S(=O)(=O)c2ccccc2)nn1. The second kappa shape index (κ2) is 11.3. The normalized spacial score (nSPS) is 20.3. The van der Waals surface area contributed by atoms with Crippen LogP contribution in [0.2, 0.25) is 0 Å². The number of nitrogens with one attached hydrogen (secondary N) is 2. The van der Waals surface area contributed by atoms with Crippen LogP contribution in [-0.4, -0.2) is 59.3 Å². The number of sulfonamides is 1. The van der Waals surface area contributed by atoms with Gasteiger partial charge in [-0.1, -0.05) is 55.5 Å². The molecular formula is C28H36N6O3S. The van der Waals surface area contributed by atoms with Crippen LogP contribution in [-0.2, 0) is 34.2 Å². The molecule has 2 heterocycles. The monoisotopic (exact) mass is 536 g/mol. The first-order chi connectivity index (χ1) is 18.3. The number of carbonyl (C=O) groups is 1. The molecule has 10 heteroatoms. The highest BCUT2D eigenvalue weighted by molar-refractivity contribution is 7.89. The van der Waals surface area contributed by atoms with Gasteiger partial charge in [-0.3, -0.25) is 4.79 Å². The van der Waals surface area contributed by atoms with E-state index < -0.39 is 16.1 Å². The number of carbonyl (C=O) groups excluding carboxylic acids is 1. The minimum absolute atomic E-state index is 0.0713. The third kappa shape index (κ3) is 5.67. The van der Waals surface area contributed by atoms with Gasteiger partial charge in [0.1, 0.15) is 6.04 Å². The maximum Gasteiger partial charge on any atom is 0.243 e. The fraction of sp³-hybridized carbons (Fsp3) is 0.464. The lowest BCUT2D eigenvalue weighted by Crippen LogP contribution is -2.57. The fourth-order valence-electron chi connectivity index (χ4n) is 5.39. The molecule has 0 radical (unpaired) electrons. The number of amides is 1. The molecule has 2 aliphatic rings. The van der Waals surface area contributed by atoms with Gasteiger partial charge in [0.2, 0.25) is 15.9 Å². The smallest absolute Gasteiger partial charge is 0.243 e. The van der Waals surface area contributed by atoms with Gasteiger partial charge in [0.15, 0.2) is 0 Å². The van der Waals surface area contributed by atoms with Gasteiger partial charge < -0.3 is 10.6 Å². The Labute approximate surface area is 224 Å². The summed E-state index contributed by atoms with van der Waals surface area (Å²) in [4.78, 5) is 13.0. The third-order valence-electron chi connectivity index (χ3n) is 7.28. The first-order valence-corrected chi connectivity index (χ1v) is 14.8. The lowest BCUT2D eigenvalue weighted by Gasteiger charge is -2.33. The average molecular weight is 537 g/mol. The van der Waals surface area contributed by atoms with E-state index in [1.807, 2.05) is 10.9 Å². The minimum Gasteiger partial charge on any atom is -0.353 e. The molecule has 5 rings (SSSR count). The van der Waals surface area contributed by atoms with E-state index in [4.69, 9.17) is 0 Å². The van der Waals surface area contributed by atoms with Crippen LogP contribution in [0.25, 0.3) is 0 Å². The summed E-state index contributed by atoms with van der Waals surface area (Å²) < 4.78 is 29.9. The lowest BCUT2D eigenvalue weighted by molar-refractivity contribution is -0.126. The van der Waals surface area contributed by atoms with Gasteiger partial charge >= 0.3 is 0 Å². The van der Waals surface area contributed by atoms with E-state index in [-0.39, 0.29) is 36.4 Å². The molecule has 9 nitrogen and oxygen atoms in total. The summed E-state index contributed by atoms with van der Waals surface area (Å²) in [7, 11) is -3.82. The topological polar surface area (TPSA) is 109 Å². The van der Waals surface area contributed by atoms with Gasteiger partial charge in [-0.05, 0) is 60.5 Å². The van der Waals surface area contributed by atoms with E-state index in [0.717, 1.165) is 32.4 Å². The molecule has 2 N–H and O–H groups in total. The zero-order chi connectivity index (χ0) is 26.7. The number of hydrogen-bond acceptors (Lipinski definition) is 6. The van der Waals surface area contributed by atoms with Crippen molar-refractivity contribution >= 4 is 15.9 Å². The standard InChI is InChI=1S/C28H36N6O3S/c1-20(2)17-29-18-21-11-12-25-22(15-21)7-6-10-26(25)33-19-23(31-32-33)16-27-28(35)30-13-14-34(27)38(36,37)24-8-4-3-5-9-24/h3-5,8-9,11-12,15,19-20,26-27,29H,6-7,10,13-14,16-18H2,1-2H3,(H,30,35)/t26-,27-/m1/s1. The number of fused-ring (bicyclic) bond motifs is 1. The summed E-state index contributed by atoms with van der Waals surface area (Å²) in [6.45, 7) is 6.75. The summed E-state index contributed by atoms with van der Waals surface area (Å²) in [5, 5.41) is 15.1. The molecule has 202 valence electrons. The lowest BCUT2D eigenvalue weighted by atomic mass is 9.86. The molecule has 1 aromatic heterocycles. The van der Waals surface area contributed by atoms with Crippen molar-refractivity contribution < 1.29 is 13.2 Å². The number of nitrogens with zero attached hydrogens (tertiary/aromatic N) is 4. The molecular weight excluding hydrogens is 500 g/mol. The van der Waals surface area contributed by atoms with Gasteiger partial charge in [0, 0.05) is 32.3 Å². The molecule has 0 spiro atoms. The number of aryl methyl sites for hydroxylation is 1. The van der Waals surface area contributed by atoms with Crippen LogP contribution in [0.5, 0.6) is 0 Å². The Hall–Kier alpha value is -3.08. The maximum absolute atomic E-state index is 13.3. The Morgan fingerprint density at radius 1 is 1.16 bits per heavy atom. The van der Waals surface area contributed by atoms with E-state index in [1.54, 1.807) is 30.3 Å². The highest BCUT2D eigenvalue weighted by atomic mass is 32.2. The Morgan fingerprint density at radius 3 is 2.76 bits per heavy atom. The number of aromatic nitrogens is 3. The van der Waals surface area contributed by atoms with Gasteiger partial charge in [0.25, 0.3) is 0 Å². The van der Waals surface area contributed by atoms with Crippen LogP contribution >= 0.6 is 0 Å². The van der Waals surface area contributed by atoms with Crippen molar-refractivity contribution in [1.82, 2.24) is 29.9 Å². The third-order valence-corrected chi connectivity index (χ3v) is 9.21. The summed E-state index contributed by atoms with van der Waals surface area (Å²) in [5.74, 6) is 0.302. The average Bonchev–Trinajstić information content (AvgIpc) is 3.38.